The molecule has 0 spiro atoms. The van der Waals surface area contributed by atoms with Gasteiger partial charge in [-0.2, -0.15) is 0 Å². The van der Waals surface area contributed by atoms with Crippen LogP contribution in [0.25, 0.3) is 5.65 Å². The maximum absolute atomic E-state index is 12.2. The van der Waals surface area contributed by atoms with Crippen LogP contribution in [0.4, 0.5) is 0 Å². The summed E-state index contributed by atoms with van der Waals surface area (Å²) in [5, 5.41) is 20.7. The third-order valence-corrected chi connectivity index (χ3v) is 2.97. The van der Waals surface area contributed by atoms with Crippen molar-refractivity contribution in [2.24, 2.45) is 0 Å². The van der Waals surface area contributed by atoms with Gasteiger partial charge in [0.25, 0.3) is 11.5 Å². The number of hydrogen-bond donors (Lipinski definition) is 3. The second kappa shape index (κ2) is 5.40. The standard InChI is InChI=1S/C13H15N3O4/c1-13(7-17,8-18)15-11(19)9-6-14-10-4-2-3-5-16(10)12(9)20/h2-6,17-18H,7-8H2,1H3,(H,15,19). The van der Waals surface area contributed by atoms with Gasteiger partial charge >= 0.3 is 0 Å². The number of rotatable bonds is 4. The van der Waals surface area contributed by atoms with Crippen LogP contribution < -0.4 is 10.9 Å². The van der Waals surface area contributed by atoms with Gasteiger partial charge in [0.15, 0.2) is 0 Å². The van der Waals surface area contributed by atoms with Crippen LogP contribution in [0.1, 0.15) is 17.3 Å². The van der Waals surface area contributed by atoms with Crippen molar-refractivity contribution in [3.8, 4) is 0 Å². The topological polar surface area (TPSA) is 104 Å². The second-order valence-electron chi connectivity index (χ2n) is 4.74. The molecule has 2 aromatic rings. The molecule has 3 N–H and O–H groups in total. The number of carbonyl (C=O) groups excluding carboxylic acids is 1. The van der Waals surface area contributed by atoms with Gasteiger partial charge in [0.1, 0.15) is 11.2 Å². The van der Waals surface area contributed by atoms with Crippen LogP contribution in [0.15, 0.2) is 35.4 Å². The van der Waals surface area contributed by atoms with E-state index in [1.807, 2.05) is 0 Å². The summed E-state index contributed by atoms with van der Waals surface area (Å²) in [4.78, 5) is 28.2. The second-order valence-corrected chi connectivity index (χ2v) is 4.74. The number of aliphatic hydroxyl groups is 2. The fourth-order valence-corrected chi connectivity index (χ4v) is 1.65. The monoisotopic (exact) mass is 277 g/mol. The van der Waals surface area contributed by atoms with Gasteiger partial charge in [-0.25, -0.2) is 4.98 Å². The molecule has 0 fully saturated rings. The molecule has 0 atom stereocenters. The third kappa shape index (κ3) is 2.54. The first-order valence-corrected chi connectivity index (χ1v) is 6.01. The first-order chi connectivity index (χ1) is 9.50. The minimum Gasteiger partial charge on any atom is -0.394 e. The molecule has 0 radical (unpaired) electrons. The zero-order valence-corrected chi connectivity index (χ0v) is 10.9. The fraction of sp³-hybridized carbons (Fsp3) is 0.308. The summed E-state index contributed by atoms with van der Waals surface area (Å²) in [6.07, 6.45) is 2.70. The van der Waals surface area contributed by atoms with Crippen molar-refractivity contribution in [1.82, 2.24) is 14.7 Å². The summed E-state index contributed by atoms with van der Waals surface area (Å²) < 4.78 is 1.25. The maximum Gasteiger partial charge on any atom is 0.270 e. The van der Waals surface area contributed by atoms with Gasteiger partial charge < -0.3 is 15.5 Å². The Kier molecular flexibility index (Phi) is 3.82. The number of nitrogens with one attached hydrogen (secondary N) is 1. The average molecular weight is 277 g/mol. The van der Waals surface area contributed by atoms with Crippen LogP contribution in [0, 0.1) is 0 Å². The first kappa shape index (κ1) is 14.2. The number of amides is 1. The predicted octanol–water partition coefficient (Wildman–Crippen LogP) is -0.832. The molecule has 1 amide bonds. The number of nitrogens with zero attached hydrogens (tertiary/aromatic N) is 2. The molecule has 7 nitrogen and oxygen atoms in total. The van der Waals surface area contributed by atoms with Gasteiger partial charge in [0.05, 0.1) is 18.8 Å². The Hall–Kier alpha value is -2.25. The molecule has 0 saturated carbocycles. The SMILES string of the molecule is CC(CO)(CO)NC(=O)c1cnc2ccccn2c1=O. The molecule has 20 heavy (non-hydrogen) atoms. The number of aromatic nitrogens is 2. The van der Waals surface area contributed by atoms with Crippen LogP contribution in [0.2, 0.25) is 0 Å². The van der Waals surface area contributed by atoms with Crippen molar-refractivity contribution in [3.63, 3.8) is 0 Å². The van der Waals surface area contributed by atoms with Crippen molar-refractivity contribution >= 4 is 11.6 Å². The van der Waals surface area contributed by atoms with Crippen molar-refractivity contribution in [2.75, 3.05) is 13.2 Å². The van der Waals surface area contributed by atoms with E-state index in [0.29, 0.717) is 5.65 Å². The van der Waals surface area contributed by atoms with Gasteiger partial charge in [0.2, 0.25) is 0 Å². The Balaban J connectivity index is 2.41. The van der Waals surface area contributed by atoms with E-state index >= 15 is 0 Å². The molecule has 2 heterocycles. The van der Waals surface area contributed by atoms with E-state index in [1.54, 1.807) is 18.2 Å². The minimum absolute atomic E-state index is 0.151. The average Bonchev–Trinajstić information content (AvgIpc) is 2.47. The number of hydrogen-bond acceptors (Lipinski definition) is 5. The van der Waals surface area contributed by atoms with Gasteiger partial charge in [-0.3, -0.25) is 14.0 Å². The van der Waals surface area contributed by atoms with Crippen molar-refractivity contribution in [3.05, 3.63) is 46.5 Å². The van der Waals surface area contributed by atoms with Crippen LogP contribution in [-0.2, 0) is 0 Å². The summed E-state index contributed by atoms with van der Waals surface area (Å²) >= 11 is 0. The Bertz CT molecular complexity index is 691. The molecule has 2 aromatic heterocycles. The van der Waals surface area contributed by atoms with Crippen molar-refractivity contribution < 1.29 is 15.0 Å². The number of carbonyl (C=O) groups is 1. The lowest BCUT2D eigenvalue weighted by atomic mass is 10.1. The van der Waals surface area contributed by atoms with Crippen molar-refractivity contribution in [1.29, 1.82) is 0 Å². The minimum atomic E-state index is -1.19. The predicted molar refractivity (Wildman–Crippen MR) is 71.5 cm³/mol. The Morgan fingerprint density at radius 2 is 2.10 bits per heavy atom. The zero-order chi connectivity index (χ0) is 14.8. The van der Waals surface area contributed by atoms with E-state index in [0.717, 1.165) is 0 Å². The molecule has 0 aliphatic carbocycles. The Labute approximate surface area is 114 Å². The molecule has 106 valence electrons. The molecule has 0 bridgehead atoms. The Morgan fingerprint density at radius 1 is 1.40 bits per heavy atom. The highest BCUT2D eigenvalue weighted by Gasteiger charge is 2.26. The molecular weight excluding hydrogens is 262 g/mol. The van der Waals surface area contributed by atoms with Gasteiger partial charge in [-0.1, -0.05) is 6.07 Å². The lowest BCUT2D eigenvalue weighted by molar-refractivity contribution is 0.0722. The van der Waals surface area contributed by atoms with E-state index in [2.05, 4.69) is 10.3 Å². The van der Waals surface area contributed by atoms with E-state index < -0.39 is 30.2 Å². The molecule has 2 rings (SSSR count). The molecular formula is C13H15N3O4. The number of aliphatic hydroxyl groups excluding tert-OH is 2. The lowest BCUT2D eigenvalue weighted by Crippen LogP contribution is -2.52. The van der Waals surface area contributed by atoms with Crippen LogP contribution in [0.3, 0.4) is 0 Å². The zero-order valence-electron chi connectivity index (χ0n) is 10.9. The van der Waals surface area contributed by atoms with Gasteiger partial charge in [0, 0.05) is 12.4 Å². The van der Waals surface area contributed by atoms with Crippen molar-refractivity contribution in [2.45, 2.75) is 12.5 Å². The number of fused-ring (bicyclic) bond motifs is 1. The molecule has 0 aliphatic rings. The van der Waals surface area contributed by atoms with E-state index in [1.165, 1.54) is 23.7 Å². The summed E-state index contributed by atoms with van der Waals surface area (Å²) in [5.74, 6) is -0.689. The molecule has 0 unspecified atom stereocenters. The summed E-state index contributed by atoms with van der Waals surface area (Å²) in [6, 6.07) is 5.04. The summed E-state index contributed by atoms with van der Waals surface area (Å²) in [7, 11) is 0. The first-order valence-electron chi connectivity index (χ1n) is 6.01. The highest BCUT2D eigenvalue weighted by atomic mass is 16.3. The fourth-order valence-electron chi connectivity index (χ4n) is 1.65. The third-order valence-electron chi connectivity index (χ3n) is 2.97. The quantitative estimate of drug-likeness (QED) is 0.676. The highest BCUT2D eigenvalue weighted by Crippen LogP contribution is 2.03. The number of pyridine rings is 1. The van der Waals surface area contributed by atoms with E-state index in [4.69, 9.17) is 10.2 Å². The van der Waals surface area contributed by atoms with E-state index in [-0.39, 0.29) is 5.56 Å². The Morgan fingerprint density at radius 3 is 2.75 bits per heavy atom. The van der Waals surface area contributed by atoms with Crippen LogP contribution in [-0.4, -0.2) is 44.3 Å². The van der Waals surface area contributed by atoms with Gasteiger partial charge in [-0.15, -0.1) is 0 Å². The molecule has 0 saturated heterocycles. The van der Waals surface area contributed by atoms with Gasteiger partial charge in [-0.05, 0) is 19.1 Å². The van der Waals surface area contributed by atoms with Crippen LogP contribution >= 0.6 is 0 Å². The largest absolute Gasteiger partial charge is 0.394 e. The summed E-state index contributed by atoms with van der Waals surface area (Å²) in [5.41, 5.74) is -1.42. The molecule has 0 aliphatic heterocycles. The van der Waals surface area contributed by atoms with E-state index in [9.17, 15) is 9.59 Å². The lowest BCUT2D eigenvalue weighted by Gasteiger charge is -2.25. The van der Waals surface area contributed by atoms with Crippen LogP contribution in [0.5, 0.6) is 0 Å². The smallest absolute Gasteiger partial charge is 0.270 e. The normalized spacial score (nSPS) is 11.6. The highest BCUT2D eigenvalue weighted by molar-refractivity contribution is 5.94. The summed E-state index contributed by atoms with van der Waals surface area (Å²) in [6.45, 7) is 0.576. The molecule has 0 aromatic carbocycles. The molecule has 7 heteroatoms. The maximum atomic E-state index is 12.2.